The van der Waals surface area contributed by atoms with Gasteiger partial charge < -0.3 is 4.98 Å². The van der Waals surface area contributed by atoms with Gasteiger partial charge in [0.25, 0.3) is 5.56 Å². The second-order valence-corrected chi connectivity index (χ2v) is 3.58. The molecule has 1 rings (SSSR count). The Kier molecular flexibility index (Phi) is 3.59. The lowest BCUT2D eigenvalue weighted by atomic mass is 10.5. The molecule has 0 aliphatic rings. The van der Waals surface area contributed by atoms with Crippen LogP contribution in [0, 0.1) is 19.3 Å². The van der Waals surface area contributed by atoms with E-state index in [0.29, 0.717) is 11.6 Å². The third-order valence-electron chi connectivity index (χ3n) is 1.33. The van der Waals surface area contributed by atoms with E-state index < -0.39 is 0 Å². The van der Waals surface area contributed by atoms with Crippen molar-refractivity contribution in [3.05, 3.63) is 22.1 Å². The number of aromatic amines is 1. The van der Waals surface area contributed by atoms with Crippen LogP contribution >= 0.6 is 11.8 Å². The summed E-state index contributed by atoms with van der Waals surface area (Å²) in [6, 6.07) is 1.46. The number of nitrogens with zero attached hydrogens (tertiary/aromatic N) is 1. The van der Waals surface area contributed by atoms with Crippen LogP contribution in [0.25, 0.3) is 0 Å². The number of H-pyrrole nitrogens is 1. The fourth-order valence-corrected chi connectivity index (χ4v) is 1.62. The Hall–Kier alpha value is -1.21. The van der Waals surface area contributed by atoms with Gasteiger partial charge in [0.05, 0.1) is 0 Å². The zero-order valence-electron chi connectivity index (χ0n) is 7.33. The third-order valence-corrected chi connectivity index (χ3v) is 2.21. The Bertz CT molecular complexity index is 378. The van der Waals surface area contributed by atoms with E-state index in [9.17, 15) is 4.79 Å². The van der Waals surface area contributed by atoms with E-state index in [-0.39, 0.29) is 5.56 Å². The van der Waals surface area contributed by atoms with Crippen molar-refractivity contribution < 1.29 is 0 Å². The molecule has 0 radical (unpaired) electrons. The summed E-state index contributed by atoms with van der Waals surface area (Å²) < 4.78 is 0. The monoisotopic (exact) mass is 194 g/mol. The number of rotatable bonds is 3. The van der Waals surface area contributed by atoms with Crippen molar-refractivity contribution in [2.24, 2.45) is 0 Å². The molecule has 0 fully saturated rings. The summed E-state index contributed by atoms with van der Waals surface area (Å²) in [5, 5.41) is 0.639. The summed E-state index contributed by atoms with van der Waals surface area (Å²) >= 11 is 1.46. The van der Waals surface area contributed by atoms with Crippen LogP contribution in [0.4, 0.5) is 0 Å². The van der Waals surface area contributed by atoms with Crippen molar-refractivity contribution >= 4 is 11.8 Å². The highest BCUT2D eigenvalue weighted by Crippen LogP contribution is 2.11. The van der Waals surface area contributed by atoms with Gasteiger partial charge in [-0.25, -0.2) is 4.98 Å². The molecule has 0 saturated carbocycles. The summed E-state index contributed by atoms with van der Waals surface area (Å²) in [4.78, 5) is 17.8. The first kappa shape index (κ1) is 9.87. The molecule has 0 saturated heterocycles. The summed E-state index contributed by atoms with van der Waals surface area (Å²) in [5.74, 6) is 3.31. The lowest BCUT2D eigenvalue weighted by molar-refractivity contribution is 0.905. The van der Waals surface area contributed by atoms with E-state index in [2.05, 4.69) is 15.9 Å². The van der Waals surface area contributed by atoms with Crippen LogP contribution in [0.15, 0.2) is 16.0 Å². The number of nitrogens with one attached hydrogen (secondary N) is 1. The van der Waals surface area contributed by atoms with E-state index in [1.807, 2.05) is 0 Å². The second kappa shape index (κ2) is 4.73. The molecule has 0 aliphatic carbocycles. The van der Waals surface area contributed by atoms with E-state index in [1.54, 1.807) is 6.92 Å². The van der Waals surface area contributed by atoms with Gasteiger partial charge in [0.1, 0.15) is 0 Å². The van der Waals surface area contributed by atoms with Gasteiger partial charge in [0.2, 0.25) is 0 Å². The van der Waals surface area contributed by atoms with E-state index in [4.69, 9.17) is 6.42 Å². The average molecular weight is 194 g/mol. The molecule has 0 amide bonds. The van der Waals surface area contributed by atoms with E-state index in [0.717, 1.165) is 11.4 Å². The molecule has 1 N–H and O–H groups in total. The molecule has 68 valence electrons. The fourth-order valence-electron chi connectivity index (χ4n) is 0.827. The highest BCUT2D eigenvalue weighted by Gasteiger charge is 1.97. The largest absolute Gasteiger partial charge is 0.301 e. The molecule has 0 aliphatic heterocycles. The predicted molar refractivity (Wildman–Crippen MR) is 53.8 cm³/mol. The standard InChI is InChI=1S/C9H10N2OS/c1-3-4-5-13-9-10-7(2)6-8(12)11-9/h1,6H,4-5H2,2H3,(H,10,11,12). The lowest BCUT2D eigenvalue weighted by Crippen LogP contribution is -2.08. The average Bonchev–Trinajstić information content (AvgIpc) is 2.03. The van der Waals surface area contributed by atoms with Gasteiger partial charge in [-0.3, -0.25) is 4.79 Å². The highest BCUT2D eigenvalue weighted by molar-refractivity contribution is 7.99. The maximum absolute atomic E-state index is 11.0. The molecule has 0 spiro atoms. The number of terminal acetylenes is 1. The predicted octanol–water partition coefficient (Wildman–Crippen LogP) is 1.19. The summed E-state index contributed by atoms with van der Waals surface area (Å²) in [6.07, 6.45) is 5.78. The molecule has 3 nitrogen and oxygen atoms in total. The summed E-state index contributed by atoms with van der Waals surface area (Å²) in [6.45, 7) is 1.79. The van der Waals surface area contributed by atoms with Crippen molar-refractivity contribution in [3.63, 3.8) is 0 Å². The Labute approximate surface area is 81.0 Å². The molecule has 0 unspecified atom stereocenters. The number of hydrogen-bond donors (Lipinski definition) is 1. The Morgan fingerprint density at radius 2 is 2.54 bits per heavy atom. The quantitative estimate of drug-likeness (QED) is 0.340. The van der Waals surface area contributed by atoms with Gasteiger partial charge in [0.15, 0.2) is 5.16 Å². The van der Waals surface area contributed by atoms with Crippen molar-refractivity contribution in [2.75, 3.05) is 5.75 Å². The minimum Gasteiger partial charge on any atom is -0.301 e. The van der Waals surface area contributed by atoms with Crippen LogP contribution < -0.4 is 5.56 Å². The molecule has 1 heterocycles. The van der Waals surface area contributed by atoms with Gasteiger partial charge in [0, 0.05) is 23.9 Å². The van der Waals surface area contributed by atoms with Crippen LogP contribution in [0.1, 0.15) is 12.1 Å². The van der Waals surface area contributed by atoms with E-state index in [1.165, 1.54) is 17.8 Å². The molecule has 0 atom stereocenters. The molecule has 1 aromatic heterocycles. The van der Waals surface area contributed by atoms with Gasteiger partial charge in [-0.1, -0.05) is 11.8 Å². The second-order valence-electron chi connectivity index (χ2n) is 2.49. The Morgan fingerprint density at radius 1 is 1.77 bits per heavy atom. The van der Waals surface area contributed by atoms with Gasteiger partial charge in [-0.15, -0.1) is 12.3 Å². The SMILES string of the molecule is C#CCCSc1nc(C)cc(=O)[nH]1. The van der Waals surface area contributed by atoms with Crippen LogP contribution in [0.5, 0.6) is 0 Å². The van der Waals surface area contributed by atoms with Crippen LogP contribution in [-0.4, -0.2) is 15.7 Å². The topological polar surface area (TPSA) is 45.8 Å². The molecular formula is C9H10N2OS. The Morgan fingerprint density at radius 3 is 3.15 bits per heavy atom. The van der Waals surface area contributed by atoms with Gasteiger partial charge in [-0.05, 0) is 6.92 Å². The zero-order chi connectivity index (χ0) is 9.68. The molecule has 4 heteroatoms. The fraction of sp³-hybridized carbons (Fsp3) is 0.333. The number of thioether (sulfide) groups is 1. The van der Waals surface area contributed by atoms with Crippen molar-refractivity contribution in [3.8, 4) is 12.3 Å². The summed E-state index contributed by atoms with van der Waals surface area (Å²) in [5.41, 5.74) is 0.614. The summed E-state index contributed by atoms with van der Waals surface area (Å²) in [7, 11) is 0. The first-order valence-corrected chi connectivity index (χ1v) is 4.85. The molecule has 0 bridgehead atoms. The first-order chi connectivity index (χ1) is 6.22. The van der Waals surface area contributed by atoms with Gasteiger partial charge in [-0.2, -0.15) is 0 Å². The minimum atomic E-state index is -0.115. The van der Waals surface area contributed by atoms with Crippen molar-refractivity contribution in [1.29, 1.82) is 0 Å². The highest BCUT2D eigenvalue weighted by atomic mass is 32.2. The van der Waals surface area contributed by atoms with Crippen molar-refractivity contribution in [2.45, 2.75) is 18.5 Å². The van der Waals surface area contributed by atoms with Crippen LogP contribution in [0.2, 0.25) is 0 Å². The van der Waals surface area contributed by atoms with Crippen molar-refractivity contribution in [1.82, 2.24) is 9.97 Å². The zero-order valence-corrected chi connectivity index (χ0v) is 8.15. The van der Waals surface area contributed by atoms with Gasteiger partial charge >= 0.3 is 0 Å². The Balaban J connectivity index is 2.68. The molecule has 13 heavy (non-hydrogen) atoms. The molecule has 0 aromatic carbocycles. The number of hydrogen-bond acceptors (Lipinski definition) is 3. The number of aryl methyl sites for hydroxylation is 1. The minimum absolute atomic E-state index is 0.115. The normalized spacial score (nSPS) is 9.54. The van der Waals surface area contributed by atoms with Crippen LogP contribution in [-0.2, 0) is 0 Å². The van der Waals surface area contributed by atoms with Crippen LogP contribution in [0.3, 0.4) is 0 Å². The molecule has 1 aromatic rings. The number of aromatic nitrogens is 2. The third kappa shape index (κ3) is 3.34. The first-order valence-electron chi connectivity index (χ1n) is 3.86. The smallest absolute Gasteiger partial charge is 0.251 e. The molecular weight excluding hydrogens is 184 g/mol. The lowest BCUT2D eigenvalue weighted by Gasteiger charge is -1.98. The van der Waals surface area contributed by atoms with E-state index >= 15 is 0 Å². The maximum atomic E-state index is 11.0. The maximum Gasteiger partial charge on any atom is 0.251 e.